The first-order valence-electron chi connectivity index (χ1n) is 6.97. The second-order valence-corrected chi connectivity index (χ2v) is 6.13. The van der Waals surface area contributed by atoms with Crippen molar-refractivity contribution in [3.05, 3.63) is 71.6 Å². The largest absolute Gasteiger partial charge is 0.380 e. The number of benzene rings is 2. The van der Waals surface area contributed by atoms with E-state index in [2.05, 4.69) is 6.08 Å². The van der Waals surface area contributed by atoms with Crippen molar-refractivity contribution in [2.45, 2.75) is 23.3 Å². The van der Waals surface area contributed by atoms with E-state index >= 15 is 0 Å². The van der Waals surface area contributed by atoms with Crippen molar-refractivity contribution in [3.8, 4) is 0 Å². The summed E-state index contributed by atoms with van der Waals surface area (Å²) < 4.78 is 13.1. The molecule has 0 heterocycles. The molecule has 0 aromatic heterocycles. The average molecular weight is 300 g/mol. The Balaban J connectivity index is 1.99. The molecule has 0 aliphatic heterocycles. The fourth-order valence-corrected chi connectivity index (χ4v) is 3.29. The third kappa shape index (κ3) is 2.63. The van der Waals surface area contributed by atoms with Crippen LogP contribution in [0.15, 0.2) is 59.5 Å². The summed E-state index contributed by atoms with van der Waals surface area (Å²) in [5, 5.41) is 11.1. The molecular weight excluding hydrogens is 283 g/mol. The molecule has 1 aliphatic rings. The van der Waals surface area contributed by atoms with Crippen molar-refractivity contribution in [2.24, 2.45) is 0 Å². The molecule has 2 aromatic rings. The molecular formula is C18H17FOS. The van der Waals surface area contributed by atoms with Crippen molar-refractivity contribution < 1.29 is 9.50 Å². The molecule has 1 nitrogen and oxygen atoms in total. The van der Waals surface area contributed by atoms with E-state index in [1.54, 1.807) is 23.9 Å². The average Bonchev–Trinajstić information content (AvgIpc) is 2.91. The van der Waals surface area contributed by atoms with Crippen LogP contribution in [0.5, 0.6) is 0 Å². The molecule has 1 aliphatic carbocycles. The summed E-state index contributed by atoms with van der Waals surface area (Å²) in [5.41, 5.74) is 1.67. The number of aliphatic hydroxyl groups is 1. The first-order chi connectivity index (χ1) is 10.1. The number of hydrogen-bond donors (Lipinski definition) is 1. The summed E-state index contributed by atoms with van der Waals surface area (Å²) in [6.07, 6.45) is 5.57. The lowest BCUT2D eigenvalue weighted by Crippen LogP contribution is -2.24. The standard InChI is InChI=1S/C18H17FOS/c1-21-16-10-6-14(7-11-16)18(20)12-2-3-17(18)13-4-8-15(19)9-5-13/h3-11,20H,2,12H2,1H3. The van der Waals surface area contributed by atoms with Gasteiger partial charge in [0.25, 0.3) is 0 Å². The number of thioether (sulfide) groups is 1. The minimum atomic E-state index is -0.977. The van der Waals surface area contributed by atoms with E-state index in [1.165, 1.54) is 17.0 Å². The van der Waals surface area contributed by atoms with Crippen molar-refractivity contribution >= 4 is 17.3 Å². The van der Waals surface area contributed by atoms with Gasteiger partial charge in [0.2, 0.25) is 0 Å². The zero-order valence-electron chi connectivity index (χ0n) is 11.8. The van der Waals surface area contributed by atoms with Gasteiger partial charge in [-0.05, 0) is 60.1 Å². The molecule has 1 atom stereocenters. The monoisotopic (exact) mass is 300 g/mol. The molecule has 108 valence electrons. The Morgan fingerprint density at radius 1 is 1.05 bits per heavy atom. The number of allylic oxidation sites excluding steroid dienone is 1. The van der Waals surface area contributed by atoms with E-state index in [0.717, 1.165) is 23.1 Å². The maximum absolute atomic E-state index is 13.1. The fraction of sp³-hybridized carbons (Fsp3) is 0.222. The van der Waals surface area contributed by atoms with Crippen LogP contribution in [-0.4, -0.2) is 11.4 Å². The Morgan fingerprint density at radius 2 is 1.71 bits per heavy atom. The van der Waals surface area contributed by atoms with E-state index in [0.29, 0.717) is 6.42 Å². The molecule has 2 aromatic carbocycles. The predicted octanol–water partition coefficient (Wildman–Crippen LogP) is 4.61. The van der Waals surface area contributed by atoms with Crippen LogP contribution in [0.4, 0.5) is 4.39 Å². The zero-order valence-corrected chi connectivity index (χ0v) is 12.7. The Kier molecular flexibility index (Phi) is 3.87. The van der Waals surface area contributed by atoms with Crippen molar-refractivity contribution in [3.63, 3.8) is 0 Å². The van der Waals surface area contributed by atoms with E-state index in [1.807, 2.05) is 30.5 Å². The smallest absolute Gasteiger partial charge is 0.123 e. The van der Waals surface area contributed by atoms with E-state index < -0.39 is 5.60 Å². The maximum Gasteiger partial charge on any atom is 0.123 e. The van der Waals surface area contributed by atoms with Gasteiger partial charge in [0, 0.05) is 4.90 Å². The molecule has 0 amide bonds. The first-order valence-corrected chi connectivity index (χ1v) is 8.19. The van der Waals surface area contributed by atoms with Crippen LogP contribution in [0.2, 0.25) is 0 Å². The van der Waals surface area contributed by atoms with Crippen LogP contribution in [0.3, 0.4) is 0 Å². The van der Waals surface area contributed by atoms with Crippen molar-refractivity contribution in [1.29, 1.82) is 0 Å². The van der Waals surface area contributed by atoms with Gasteiger partial charge in [-0.1, -0.05) is 30.3 Å². The van der Waals surface area contributed by atoms with Gasteiger partial charge in [-0.3, -0.25) is 0 Å². The Morgan fingerprint density at radius 3 is 2.33 bits per heavy atom. The molecule has 0 saturated heterocycles. The highest BCUT2D eigenvalue weighted by Crippen LogP contribution is 2.45. The predicted molar refractivity (Wildman–Crippen MR) is 85.7 cm³/mol. The third-order valence-corrected chi connectivity index (χ3v) is 4.77. The van der Waals surface area contributed by atoms with Gasteiger partial charge >= 0.3 is 0 Å². The molecule has 1 unspecified atom stereocenters. The van der Waals surface area contributed by atoms with Gasteiger partial charge in [0.1, 0.15) is 11.4 Å². The van der Waals surface area contributed by atoms with Crippen LogP contribution in [0.1, 0.15) is 24.0 Å². The second kappa shape index (κ2) is 5.66. The lowest BCUT2D eigenvalue weighted by molar-refractivity contribution is 0.0994. The lowest BCUT2D eigenvalue weighted by atomic mass is 9.84. The molecule has 0 bridgehead atoms. The normalized spacial score (nSPS) is 21.4. The Bertz CT molecular complexity index is 661. The van der Waals surface area contributed by atoms with Gasteiger partial charge in [-0.15, -0.1) is 11.8 Å². The quantitative estimate of drug-likeness (QED) is 0.835. The SMILES string of the molecule is CSc1ccc(C2(O)CCC=C2c2ccc(F)cc2)cc1. The van der Waals surface area contributed by atoms with E-state index in [9.17, 15) is 9.50 Å². The fourth-order valence-electron chi connectivity index (χ4n) is 2.88. The molecule has 21 heavy (non-hydrogen) atoms. The number of rotatable bonds is 3. The Labute approximate surface area is 128 Å². The zero-order chi connectivity index (χ0) is 14.9. The topological polar surface area (TPSA) is 20.2 Å². The van der Waals surface area contributed by atoms with Gasteiger partial charge in [0.05, 0.1) is 0 Å². The van der Waals surface area contributed by atoms with Crippen molar-refractivity contribution in [2.75, 3.05) is 6.26 Å². The molecule has 0 radical (unpaired) electrons. The minimum absolute atomic E-state index is 0.259. The molecule has 3 heteroatoms. The first kappa shape index (κ1) is 14.4. The van der Waals surface area contributed by atoms with Gasteiger partial charge in [-0.2, -0.15) is 0 Å². The second-order valence-electron chi connectivity index (χ2n) is 5.25. The molecule has 0 spiro atoms. The van der Waals surface area contributed by atoms with E-state index in [-0.39, 0.29) is 5.82 Å². The Hall–Kier alpha value is -1.58. The van der Waals surface area contributed by atoms with Gasteiger partial charge in [-0.25, -0.2) is 4.39 Å². The summed E-state index contributed by atoms with van der Waals surface area (Å²) in [6, 6.07) is 14.3. The summed E-state index contributed by atoms with van der Waals surface area (Å²) in [4.78, 5) is 1.17. The molecule has 3 rings (SSSR count). The summed E-state index contributed by atoms with van der Waals surface area (Å²) in [6.45, 7) is 0. The highest BCUT2D eigenvalue weighted by molar-refractivity contribution is 7.98. The van der Waals surface area contributed by atoms with Crippen molar-refractivity contribution in [1.82, 2.24) is 0 Å². The summed E-state index contributed by atoms with van der Waals surface area (Å²) in [5.74, 6) is -0.259. The van der Waals surface area contributed by atoms with Crippen LogP contribution in [0, 0.1) is 5.82 Å². The highest BCUT2D eigenvalue weighted by atomic mass is 32.2. The minimum Gasteiger partial charge on any atom is -0.380 e. The van der Waals surface area contributed by atoms with E-state index in [4.69, 9.17) is 0 Å². The van der Waals surface area contributed by atoms with Crippen LogP contribution >= 0.6 is 11.8 Å². The van der Waals surface area contributed by atoms with Gasteiger partial charge in [0.15, 0.2) is 0 Å². The molecule has 1 N–H and O–H groups in total. The third-order valence-electron chi connectivity index (χ3n) is 4.02. The highest BCUT2D eigenvalue weighted by Gasteiger charge is 2.37. The summed E-state index contributed by atoms with van der Waals surface area (Å²) in [7, 11) is 0. The summed E-state index contributed by atoms with van der Waals surface area (Å²) >= 11 is 1.68. The lowest BCUT2D eigenvalue weighted by Gasteiger charge is -2.27. The van der Waals surface area contributed by atoms with Crippen LogP contribution < -0.4 is 0 Å². The van der Waals surface area contributed by atoms with Crippen LogP contribution in [0.25, 0.3) is 5.57 Å². The molecule has 0 fully saturated rings. The van der Waals surface area contributed by atoms with Crippen LogP contribution in [-0.2, 0) is 5.60 Å². The number of halogens is 1. The maximum atomic E-state index is 13.1. The van der Waals surface area contributed by atoms with Gasteiger partial charge < -0.3 is 5.11 Å². The molecule has 0 saturated carbocycles. The number of hydrogen-bond acceptors (Lipinski definition) is 2.